The maximum Gasteiger partial charge on any atom is 0.250 e. The first kappa shape index (κ1) is 28.5. The van der Waals surface area contributed by atoms with Crippen LogP contribution in [0.1, 0.15) is 40.0 Å². The molecule has 2 amide bonds. The molecule has 0 saturated carbocycles. The zero-order valence-electron chi connectivity index (χ0n) is 22.2. The third kappa shape index (κ3) is 7.12. The van der Waals surface area contributed by atoms with E-state index < -0.39 is 47.1 Å². The number of carbonyl (C=O) groups is 2. The van der Waals surface area contributed by atoms with Gasteiger partial charge in [0.1, 0.15) is 6.04 Å². The van der Waals surface area contributed by atoms with Crippen molar-refractivity contribution in [1.82, 2.24) is 14.7 Å². The predicted molar refractivity (Wildman–Crippen MR) is 137 cm³/mol. The zero-order valence-corrected chi connectivity index (χ0v) is 22.2. The van der Waals surface area contributed by atoms with E-state index in [-0.39, 0.29) is 37.1 Å². The van der Waals surface area contributed by atoms with Gasteiger partial charge in [-0.1, -0.05) is 0 Å². The van der Waals surface area contributed by atoms with Crippen LogP contribution in [0.2, 0.25) is 0 Å². The molecule has 1 fully saturated rings. The summed E-state index contributed by atoms with van der Waals surface area (Å²) in [6, 6.07) is 2.73. The molecule has 1 aromatic carbocycles. The first-order valence-corrected chi connectivity index (χ1v) is 13.0. The van der Waals surface area contributed by atoms with Crippen molar-refractivity contribution in [2.75, 3.05) is 25.1 Å². The second kappa shape index (κ2) is 12.1. The number of hydrogen-bond acceptors (Lipinski definition) is 7. The molecule has 2 unspecified atom stereocenters. The van der Waals surface area contributed by atoms with Crippen molar-refractivity contribution in [3.63, 3.8) is 0 Å². The van der Waals surface area contributed by atoms with Crippen molar-refractivity contribution in [1.29, 1.82) is 0 Å². The number of nitrogens with one attached hydrogen (secondary N) is 1. The molecule has 4 rings (SSSR count). The number of anilines is 1. The van der Waals surface area contributed by atoms with Crippen molar-refractivity contribution in [2.45, 2.75) is 64.4 Å². The van der Waals surface area contributed by atoms with E-state index in [1.54, 1.807) is 33.0 Å². The summed E-state index contributed by atoms with van der Waals surface area (Å²) in [5, 5.41) is 17.1. The highest BCUT2D eigenvalue weighted by molar-refractivity contribution is 5.99. The van der Waals surface area contributed by atoms with Crippen LogP contribution in [0.25, 0.3) is 0 Å². The van der Waals surface area contributed by atoms with E-state index >= 15 is 0 Å². The average molecular weight is 549 g/mol. The fraction of sp³-hybridized carbons (Fsp3) is 0.519. The highest BCUT2D eigenvalue weighted by Crippen LogP contribution is 2.33. The molecular weight excluding hydrogens is 514 g/mol. The van der Waals surface area contributed by atoms with E-state index in [4.69, 9.17) is 14.2 Å². The van der Waals surface area contributed by atoms with Crippen LogP contribution < -0.4 is 14.8 Å². The zero-order chi connectivity index (χ0) is 28.2. The molecule has 0 bridgehead atoms. The first-order chi connectivity index (χ1) is 18.6. The Morgan fingerprint density at radius 3 is 2.72 bits per heavy atom. The fourth-order valence-corrected chi connectivity index (χ4v) is 4.67. The minimum Gasteiger partial charge on any atom is -0.491 e. The van der Waals surface area contributed by atoms with Crippen LogP contribution in [0.15, 0.2) is 36.5 Å². The van der Waals surface area contributed by atoms with Crippen LogP contribution in [0, 0.1) is 17.6 Å². The monoisotopic (exact) mass is 548 g/mol. The van der Waals surface area contributed by atoms with Crippen LogP contribution in [0.5, 0.6) is 11.5 Å². The molecule has 10 nitrogen and oxygen atoms in total. The number of aliphatic hydroxyl groups is 1. The van der Waals surface area contributed by atoms with Crippen LogP contribution in [-0.2, 0) is 20.9 Å². The number of hydrogen-bond donors (Lipinski definition) is 2. The number of aromatic nitrogens is 2. The lowest BCUT2D eigenvalue weighted by atomic mass is 9.91. The molecule has 1 saturated heterocycles. The van der Waals surface area contributed by atoms with Crippen LogP contribution in [0.3, 0.4) is 0 Å². The molecule has 2 atom stereocenters. The Hall–Kier alpha value is -3.51. The van der Waals surface area contributed by atoms with E-state index in [2.05, 4.69) is 10.4 Å². The molecule has 1 aromatic heterocycles. The molecule has 3 heterocycles. The molecule has 0 radical (unpaired) electrons. The summed E-state index contributed by atoms with van der Waals surface area (Å²) in [4.78, 5) is 27.8. The van der Waals surface area contributed by atoms with Crippen LogP contribution in [0.4, 0.5) is 14.6 Å². The smallest absolute Gasteiger partial charge is 0.250 e. The van der Waals surface area contributed by atoms with Gasteiger partial charge in [-0.25, -0.2) is 4.39 Å². The summed E-state index contributed by atoms with van der Waals surface area (Å²) in [7, 11) is 0. The molecular formula is C27H34F2N4O6. The summed E-state index contributed by atoms with van der Waals surface area (Å²) in [6.07, 6.45) is 4.65. The molecule has 2 N–H and O–H groups in total. The van der Waals surface area contributed by atoms with Crippen LogP contribution in [-0.4, -0.2) is 69.3 Å². The van der Waals surface area contributed by atoms with Gasteiger partial charge < -0.3 is 24.6 Å². The fourth-order valence-electron chi connectivity index (χ4n) is 4.67. The topological polar surface area (TPSA) is 115 Å². The van der Waals surface area contributed by atoms with Crippen molar-refractivity contribution in [2.24, 2.45) is 5.92 Å². The lowest BCUT2D eigenvalue weighted by Crippen LogP contribution is -2.52. The largest absolute Gasteiger partial charge is 0.491 e. The van der Waals surface area contributed by atoms with Crippen molar-refractivity contribution in [3.05, 3.63) is 48.2 Å². The number of nitrogens with zero attached hydrogens (tertiary/aromatic N) is 3. The first-order valence-electron chi connectivity index (χ1n) is 13.0. The molecule has 2 aliphatic heterocycles. The number of carbonyl (C=O) groups excluding carboxylic acids is 2. The number of rotatable bonds is 11. The Balaban J connectivity index is 1.59. The molecule has 12 heteroatoms. The van der Waals surface area contributed by atoms with Crippen molar-refractivity contribution >= 4 is 17.6 Å². The van der Waals surface area contributed by atoms with Gasteiger partial charge in [0.05, 0.1) is 18.8 Å². The van der Waals surface area contributed by atoms with Gasteiger partial charge in [0, 0.05) is 31.6 Å². The summed E-state index contributed by atoms with van der Waals surface area (Å²) in [5.41, 5.74) is -1.01. The maximum atomic E-state index is 15.0. The summed E-state index contributed by atoms with van der Waals surface area (Å²) < 4.78 is 47.4. The van der Waals surface area contributed by atoms with E-state index in [1.165, 1.54) is 21.7 Å². The quantitative estimate of drug-likeness (QED) is 0.443. The Morgan fingerprint density at radius 2 is 2.03 bits per heavy atom. The van der Waals surface area contributed by atoms with Crippen molar-refractivity contribution < 1.29 is 37.7 Å². The van der Waals surface area contributed by atoms with Crippen LogP contribution >= 0.6 is 0 Å². The van der Waals surface area contributed by atoms with Gasteiger partial charge in [-0.3, -0.25) is 19.2 Å². The minimum absolute atomic E-state index is 0.0750. The molecule has 2 aromatic rings. The lowest BCUT2D eigenvalue weighted by Gasteiger charge is -2.35. The molecule has 0 aliphatic carbocycles. The number of halogens is 2. The highest BCUT2D eigenvalue weighted by Gasteiger charge is 2.40. The Labute approximate surface area is 225 Å². The summed E-state index contributed by atoms with van der Waals surface area (Å²) in [5.74, 6) is -3.63. The predicted octanol–water partition coefficient (Wildman–Crippen LogP) is 3.26. The average Bonchev–Trinajstić information content (AvgIpc) is 3.47. The van der Waals surface area contributed by atoms with E-state index in [0.717, 1.165) is 12.1 Å². The minimum atomic E-state index is -1.23. The lowest BCUT2D eigenvalue weighted by molar-refractivity contribution is -0.141. The normalized spacial score (nSPS) is 18.9. The van der Waals surface area contributed by atoms with E-state index in [9.17, 15) is 23.5 Å². The Morgan fingerprint density at radius 1 is 1.28 bits per heavy atom. The summed E-state index contributed by atoms with van der Waals surface area (Å²) >= 11 is 0. The second-order valence-electron chi connectivity index (χ2n) is 10.2. The van der Waals surface area contributed by atoms with Crippen molar-refractivity contribution in [3.8, 4) is 11.5 Å². The van der Waals surface area contributed by atoms with Gasteiger partial charge in [-0.05, 0) is 64.2 Å². The van der Waals surface area contributed by atoms with E-state index in [1.807, 2.05) is 0 Å². The Kier molecular flexibility index (Phi) is 8.86. The van der Waals surface area contributed by atoms with Gasteiger partial charge in [-0.2, -0.15) is 9.49 Å². The number of benzene rings is 1. The highest BCUT2D eigenvalue weighted by atomic mass is 19.1. The second-order valence-corrected chi connectivity index (χ2v) is 10.2. The van der Waals surface area contributed by atoms with Gasteiger partial charge in [-0.15, -0.1) is 0 Å². The molecule has 39 heavy (non-hydrogen) atoms. The van der Waals surface area contributed by atoms with E-state index in [0.29, 0.717) is 26.1 Å². The molecule has 0 spiro atoms. The van der Waals surface area contributed by atoms with Gasteiger partial charge in [0.25, 0.3) is 0 Å². The number of amides is 2. The Bertz CT molecular complexity index is 1210. The summed E-state index contributed by atoms with van der Waals surface area (Å²) in [6.45, 7) is 6.37. The standard InChI is InChI=1S/C27H34F2N4O6/c1-4-38-20-6-5-18(28)25(24(20)29)39-23-8-7-22(34)33(23)19(15-17-10-13-37-14-11-17)26(35)30-21-9-12-32(31-21)16-27(2,3)36/h5-9,12,17,19,23,36H,4,10-11,13-16H2,1-3H3,(H,30,31,35). The van der Waals surface area contributed by atoms with Gasteiger partial charge >= 0.3 is 0 Å². The maximum absolute atomic E-state index is 15.0. The SMILES string of the molecule is CCOc1ccc(F)c(OC2C=CC(=O)N2C(CC2CCOCC2)C(=O)Nc2ccn(CC(C)(C)O)n2)c1F. The van der Waals surface area contributed by atoms with Gasteiger partial charge in [0.15, 0.2) is 29.4 Å². The molecule has 2 aliphatic rings. The van der Waals surface area contributed by atoms with Gasteiger partial charge in [0.2, 0.25) is 17.6 Å². The third-order valence-corrected chi connectivity index (χ3v) is 6.46. The number of ether oxygens (including phenoxy) is 3. The molecule has 212 valence electrons. The third-order valence-electron chi connectivity index (χ3n) is 6.46.